The first kappa shape index (κ1) is 36.9. The van der Waals surface area contributed by atoms with Crippen LogP contribution >= 0.6 is 11.6 Å². The molecule has 4 aromatic heterocycles. The van der Waals surface area contributed by atoms with Gasteiger partial charge in [0, 0.05) is 56.0 Å². The van der Waals surface area contributed by atoms with Gasteiger partial charge in [0.05, 0.1) is 45.0 Å². The Hall–Kier alpha value is -5.10. The Morgan fingerprint density at radius 2 is 1.76 bits per heavy atom. The fraction of sp³-hybridized carbons (Fsp3) is 0.333. The van der Waals surface area contributed by atoms with Crippen LogP contribution in [0.1, 0.15) is 53.0 Å². The van der Waals surface area contributed by atoms with Crippen LogP contribution < -0.4 is 9.62 Å². The molecule has 0 aliphatic heterocycles. The van der Waals surface area contributed by atoms with Crippen molar-refractivity contribution < 1.29 is 39.6 Å². The van der Waals surface area contributed by atoms with E-state index in [2.05, 4.69) is 15.5 Å². The summed E-state index contributed by atoms with van der Waals surface area (Å²) in [7, 11) is 0.891. The number of nitrogens with zero attached hydrogens (tertiary/aromatic N) is 7. The summed E-state index contributed by atoms with van der Waals surface area (Å²) < 4.78 is 118. The van der Waals surface area contributed by atoms with E-state index in [-0.39, 0.29) is 45.9 Å². The molecule has 2 aromatic carbocycles. The molecule has 55 heavy (non-hydrogen) atoms. The van der Waals surface area contributed by atoms with E-state index in [0.717, 1.165) is 22.7 Å². The summed E-state index contributed by atoms with van der Waals surface area (Å²) >= 11 is 6.68. The number of amides is 1. The van der Waals surface area contributed by atoms with Crippen molar-refractivity contribution in [2.45, 2.75) is 43.7 Å². The minimum Gasteiger partial charge on any atom is -0.349 e. The molecule has 0 bridgehead atoms. The third-order valence-corrected chi connectivity index (χ3v) is 11.9. The van der Waals surface area contributed by atoms with Gasteiger partial charge in [0.15, 0.2) is 5.82 Å². The second kappa shape index (κ2) is 12.7. The Morgan fingerprint density at radius 3 is 2.44 bits per heavy atom. The SMILES string of the molecule is CN(c1nn(C)c2c(-c3cc4c(ccn4C)nc3C(Cc3cc(F)cc(F)c3)NC(=O)Cn3nc(C(F)F)c4c3C(F)(F)[C@@H]3C[C@H]43)ccc(Cl)c12)S(C)(=O)=O. The number of hydrogen-bond donors (Lipinski definition) is 1. The van der Waals surface area contributed by atoms with Crippen LogP contribution in [0.3, 0.4) is 0 Å². The first-order valence-corrected chi connectivity index (χ1v) is 19.1. The van der Waals surface area contributed by atoms with Crippen molar-refractivity contribution in [1.29, 1.82) is 0 Å². The Kier molecular flexibility index (Phi) is 8.53. The standard InChI is InChI=1S/C36H31ClF6N8O3S/c1-48-8-7-24-26(48)14-20(19-5-6-23(37)29-32(19)49(2)47-35(29)50(3)55(4,53)54)30(45-24)25(11-16-9-17(38)12-18(39)10-16)44-27(52)15-51-33-28(31(46-51)34(40)41)21-13-22(21)36(33,42)43/h5-10,12,14,21-22,25,34H,11,13,15H2,1-4H3,(H,44,52)/t21-,22+,25?/m0/s1. The second-order valence-corrected chi connectivity index (χ2v) is 16.4. The van der Waals surface area contributed by atoms with Crippen LogP contribution in [0.5, 0.6) is 0 Å². The van der Waals surface area contributed by atoms with E-state index >= 15 is 8.78 Å². The molecule has 1 fully saturated rings. The largest absolute Gasteiger partial charge is 0.349 e. The van der Waals surface area contributed by atoms with Gasteiger partial charge in [-0.25, -0.2) is 31.0 Å². The maximum absolute atomic E-state index is 15.4. The number of nitrogens with one attached hydrogen (secondary N) is 1. The Morgan fingerprint density at radius 1 is 1.05 bits per heavy atom. The van der Waals surface area contributed by atoms with E-state index in [0.29, 0.717) is 38.4 Å². The summed E-state index contributed by atoms with van der Waals surface area (Å²) in [6.07, 6.45) is -0.613. The summed E-state index contributed by atoms with van der Waals surface area (Å²) in [6, 6.07) is 8.27. The first-order chi connectivity index (χ1) is 25.8. The molecule has 2 aliphatic carbocycles. The minimum atomic E-state index is -3.79. The molecule has 1 N–H and O–H groups in total. The zero-order chi connectivity index (χ0) is 39.5. The van der Waals surface area contributed by atoms with Gasteiger partial charge in [0.1, 0.15) is 29.6 Å². The number of aromatic nitrogens is 6. The number of rotatable bonds is 10. The predicted molar refractivity (Wildman–Crippen MR) is 192 cm³/mol. The number of fused-ring (bicyclic) bond motifs is 5. The maximum atomic E-state index is 15.4. The van der Waals surface area contributed by atoms with Crippen molar-refractivity contribution in [2.24, 2.45) is 20.0 Å². The normalized spacial score (nSPS) is 17.9. The summed E-state index contributed by atoms with van der Waals surface area (Å²) in [6.45, 7) is -0.866. The third kappa shape index (κ3) is 6.09. The van der Waals surface area contributed by atoms with E-state index in [1.165, 1.54) is 11.7 Å². The quantitative estimate of drug-likeness (QED) is 0.151. The average Bonchev–Trinajstić information content (AvgIpc) is 3.40. The van der Waals surface area contributed by atoms with Gasteiger partial charge in [-0.2, -0.15) is 19.0 Å². The van der Waals surface area contributed by atoms with E-state index in [9.17, 15) is 30.8 Å². The van der Waals surface area contributed by atoms with E-state index in [1.807, 2.05) is 0 Å². The lowest BCUT2D eigenvalue weighted by molar-refractivity contribution is -0.123. The molecule has 1 amide bonds. The first-order valence-electron chi connectivity index (χ1n) is 16.9. The van der Waals surface area contributed by atoms with Crippen molar-refractivity contribution in [3.05, 3.63) is 93.5 Å². The summed E-state index contributed by atoms with van der Waals surface area (Å²) in [5.41, 5.74) is 0.818. The van der Waals surface area contributed by atoms with Gasteiger partial charge in [-0.05, 0) is 54.7 Å². The number of hydrogen-bond acceptors (Lipinski definition) is 6. The smallest absolute Gasteiger partial charge is 0.293 e. The van der Waals surface area contributed by atoms with Gasteiger partial charge >= 0.3 is 0 Å². The highest BCUT2D eigenvalue weighted by Crippen LogP contribution is 2.68. The molecular weight excluding hydrogens is 774 g/mol. The van der Waals surface area contributed by atoms with Crippen LogP contribution in [0.4, 0.5) is 32.2 Å². The van der Waals surface area contributed by atoms with Crippen molar-refractivity contribution in [2.75, 3.05) is 17.6 Å². The zero-order valence-corrected chi connectivity index (χ0v) is 31.0. The zero-order valence-electron chi connectivity index (χ0n) is 29.5. The minimum absolute atomic E-state index is 0.0331. The van der Waals surface area contributed by atoms with Crippen molar-refractivity contribution in [3.8, 4) is 11.1 Å². The molecule has 2 aliphatic rings. The summed E-state index contributed by atoms with van der Waals surface area (Å²) in [4.78, 5) is 18.8. The molecular formula is C36H31ClF6N8O3S. The highest BCUT2D eigenvalue weighted by Gasteiger charge is 2.67. The lowest BCUT2D eigenvalue weighted by Crippen LogP contribution is -2.35. The Balaban J connectivity index is 1.29. The van der Waals surface area contributed by atoms with Crippen LogP contribution in [0, 0.1) is 17.6 Å². The molecule has 11 nitrogen and oxygen atoms in total. The van der Waals surface area contributed by atoms with E-state index in [1.54, 1.807) is 49.1 Å². The molecule has 4 heterocycles. The molecule has 8 rings (SSSR count). The molecule has 19 heteroatoms. The number of carbonyl (C=O) groups is 1. The van der Waals surface area contributed by atoms with Crippen LogP contribution in [0.15, 0.2) is 48.7 Å². The van der Waals surface area contributed by atoms with Crippen LogP contribution in [-0.4, -0.2) is 56.7 Å². The third-order valence-electron chi connectivity index (χ3n) is 10.4. The number of aryl methyl sites for hydroxylation is 2. The van der Waals surface area contributed by atoms with Crippen molar-refractivity contribution in [3.63, 3.8) is 0 Å². The summed E-state index contributed by atoms with van der Waals surface area (Å²) in [5, 5.41) is 11.5. The number of pyridine rings is 1. The highest BCUT2D eigenvalue weighted by molar-refractivity contribution is 7.92. The number of benzene rings is 2. The van der Waals surface area contributed by atoms with Crippen LogP contribution in [0.25, 0.3) is 33.1 Å². The van der Waals surface area contributed by atoms with Gasteiger partial charge in [-0.1, -0.05) is 17.7 Å². The molecule has 0 saturated heterocycles. The number of sulfonamides is 1. The molecule has 1 saturated carbocycles. The monoisotopic (exact) mass is 804 g/mol. The van der Waals surface area contributed by atoms with E-state index in [4.69, 9.17) is 16.6 Å². The molecule has 1 unspecified atom stereocenters. The second-order valence-electron chi connectivity index (χ2n) is 14.0. The van der Waals surface area contributed by atoms with Crippen LogP contribution in [0.2, 0.25) is 5.02 Å². The van der Waals surface area contributed by atoms with Gasteiger partial charge in [0.25, 0.3) is 12.3 Å². The average molecular weight is 805 g/mol. The lowest BCUT2D eigenvalue weighted by Gasteiger charge is -2.23. The summed E-state index contributed by atoms with van der Waals surface area (Å²) in [5.74, 6) is -8.05. The number of halogens is 7. The fourth-order valence-electron chi connectivity index (χ4n) is 7.77. The Labute approximate surface area is 314 Å². The topological polar surface area (TPSA) is 120 Å². The van der Waals surface area contributed by atoms with Gasteiger partial charge in [-0.15, -0.1) is 0 Å². The molecule has 0 radical (unpaired) electrons. The van der Waals surface area contributed by atoms with Gasteiger partial charge in [-0.3, -0.25) is 18.5 Å². The lowest BCUT2D eigenvalue weighted by atomic mass is 9.93. The number of carbonyl (C=O) groups excluding carboxylic acids is 1. The number of alkyl halides is 4. The van der Waals surface area contributed by atoms with Crippen LogP contribution in [-0.2, 0) is 47.8 Å². The Bertz CT molecular complexity index is 2670. The van der Waals surface area contributed by atoms with Gasteiger partial charge < -0.3 is 9.88 Å². The predicted octanol–water partition coefficient (Wildman–Crippen LogP) is 6.90. The van der Waals surface area contributed by atoms with E-state index < -0.39 is 75.7 Å². The molecule has 0 spiro atoms. The van der Waals surface area contributed by atoms with Crippen molar-refractivity contribution >= 4 is 55.3 Å². The molecule has 288 valence electrons. The van der Waals surface area contributed by atoms with Gasteiger partial charge in [0.2, 0.25) is 15.9 Å². The number of anilines is 1. The molecule has 3 atom stereocenters. The molecule has 6 aromatic rings. The van der Waals surface area contributed by atoms with Crippen molar-refractivity contribution in [1.82, 2.24) is 34.4 Å². The fourth-order valence-corrected chi connectivity index (χ4v) is 8.45. The maximum Gasteiger partial charge on any atom is 0.293 e. The highest BCUT2D eigenvalue weighted by atomic mass is 35.5.